The topological polar surface area (TPSA) is 109 Å². The van der Waals surface area contributed by atoms with E-state index in [1.807, 2.05) is 63.2 Å². The summed E-state index contributed by atoms with van der Waals surface area (Å²) < 4.78 is 5.74. The molecule has 8 nitrogen and oxygen atoms in total. The van der Waals surface area contributed by atoms with Crippen LogP contribution in [0.3, 0.4) is 0 Å². The number of aromatic nitrogens is 3. The van der Waals surface area contributed by atoms with E-state index in [4.69, 9.17) is 4.74 Å². The van der Waals surface area contributed by atoms with Crippen LogP contribution in [0.15, 0.2) is 48.7 Å². The van der Waals surface area contributed by atoms with Crippen molar-refractivity contribution >= 4 is 5.91 Å². The van der Waals surface area contributed by atoms with Crippen molar-refractivity contribution in [2.24, 2.45) is 0 Å². The van der Waals surface area contributed by atoms with Gasteiger partial charge in [-0.15, -0.1) is 0 Å². The first-order chi connectivity index (χ1) is 16.5. The van der Waals surface area contributed by atoms with E-state index in [0.717, 1.165) is 29.7 Å². The Morgan fingerprint density at radius 3 is 2.56 bits per heavy atom. The molecule has 0 fully saturated rings. The Kier molecular flexibility index (Phi) is 8.93. The van der Waals surface area contributed by atoms with E-state index in [2.05, 4.69) is 15.0 Å². The molecule has 0 aliphatic rings. The summed E-state index contributed by atoms with van der Waals surface area (Å²) in [7, 11) is 0. The summed E-state index contributed by atoms with van der Waals surface area (Å²) in [6, 6.07) is 13.5. The third-order valence-electron chi connectivity index (χ3n) is 5.37. The summed E-state index contributed by atoms with van der Waals surface area (Å²) in [4.78, 5) is 28.1. The maximum atomic E-state index is 13.4. The second kappa shape index (κ2) is 12.1. The van der Waals surface area contributed by atoms with E-state index >= 15 is 0 Å². The molecule has 0 radical (unpaired) electrons. The summed E-state index contributed by atoms with van der Waals surface area (Å²) >= 11 is 0. The molecule has 2 aromatic heterocycles. The minimum Gasteiger partial charge on any atom is -0.491 e. The number of ether oxygens (including phenoxy) is 1. The lowest BCUT2D eigenvalue weighted by Crippen LogP contribution is -2.39. The zero-order valence-corrected chi connectivity index (χ0v) is 19.9. The number of rotatable bonds is 11. The SMILES string of the molecule is CCCCOc1c(O)nc(Cc2ncccc2-c2ccccc2)nc1C(=O)N(CCO)C(C)C. The molecule has 1 aromatic carbocycles. The van der Waals surface area contributed by atoms with Gasteiger partial charge in [0.15, 0.2) is 5.69 Å². The van der Waals surface area contributed by atoms with Gasteiger partial charge in [-0.3, -0.25) is 9.78 Å². The van der Waals surface area contributed by atoms with Crippen LogP contribution in [0.1, 0.15) is 55.6 Å². The van der Waals surface area contributed by atoms with Crippen molar-refractivity contribution < 1.29 is 19.7 Å². The van der Waals surface area contributed by atoms with E-state index in [1.54, 1.807) is 6.20 Å². The molecule has 180 valence electrons. The molecule has 34 heavy (non-hydrogen) atoms. The molecule has 3 rings (SSSR count). The van der Waals surface area contributed by atoms with Gasteiger partial charge in [-0.25, -0.2) is 4.98 Å². The Balaban J connectivity index is 2.03. The van der Waals surface area contributed by atoms with Crippen molar-refractivity contribution in [3.05, 3.63) is 65.9 Å². The molecule has 0 aliphatic carbocycles. The highest BCUT2D eigenvalue weighted by Crippen LogP contribution is 2.30. The quantitative estimate of drug-likeness (QED) is 0.415. The highest BCUT2D eigenvalue weighted by atomic mass is 16.5. The predicted molar refractivity (Wildman–Crippen MR) is 130 cm³/mol. The Labute approximate surface area is 200 Å². The number of amides is 1. The monoisotopic (exact) mass is 464 g/mol. The molecule has 0 saturated heterocycles. The molecule has 2 N–H and O–H groups in total. The molecular formula is C26H32N4O4. The molecule has 8 heteroatoms. The summed E-state index contributed by atoms with van der Waals surface area (Å²) in [6.07, 6.45) is 3.56. The van der Waals surface area contributed by atoms with Crippen LogP contribution in [-0.4, -0.2) is 61.8 Å². The lowest BCUT2D eigenvalue weighted by Gasteiger charge is -2.26. The second-order valence-electron chi connectivity index (χ2n) is 8.20. The van der Waals surface area contributed by atoms with Crippen molar-refractivity contribution in [1.82, 2.24) is 19.9 Å². The number of nitrogens with zero attached hydrogens (tertiary/aromatic N) is 4. The molecular weight excluding hydrogens is 432 g/mol. The first-order valence-corrected chi connectivity index (χ1v) is 11.6. The summed E-state index contributed by atoms with van der Waals surface area (Å²) in [5.74, 6) is -0.587. The molecule has 1 amide bonds. The largest absolute Gasteiger partial charge is 0.491 e. The van der Waals surface area contributed by atoms with Gasteiger partial charge in [0.05, 0.1) is 25.3 Å². The fourth-order valence-electron chi connectivity index (χ4n) is 3.61. The van der Waals surface area contributed by atoms with Gasteiger partial charge in [-0.1, -0.05) is 49.7 Å². The van der Waals surface area contributed by atoms with Gasteiger partial charge in [0.1, 0.15) is 5.82 Å². The van der Waals surface area contributed by atoms with Gasteiger partial charge in [0.2, 0.25) is 5.75 Å². The minimum absolute atomic E-state index is 0.0158. The molecule has 0 aliphatic heterocycles. The Hall–Kier alpha value is -3.52. The van der Waals surface area contributed by atoms with E-state index < -0.39 is 5.91 Å². The van der Waals surface area contributed by atoms with Crippen molar-refractivity contribution in [2.45, 2.75) is 46.1 Å². The van der Waals surface area contributed by atoms with Crippen molar-refractivity contribution in [2.75, 3.05) is 19.8 Å². The smallest absolute Gasteiger partial charge is 0.276 e. The highest BCUT2D eigenvalue weighted by Gasteiger charge is 2.27. The van der Waals surface area contributed by atoms with E-state index in [1.165, 1.54) is 4.90 Å². The Morgan fingerprint density at radius 2 is 1.88 bits per heavy atom. The number of aromatic hydroxyl groups is 1. The first-order valence-electron chi connectivity index (χ1n) is 11.6. The fourth-order valence-corrected chi connectivity index (χ4v) is 3.61. The third-order valence-corrected chi connectivity index (χ3v) is 5.37. The van der Waals surface area contributed by atoms with Gasteiger partial charge >= 0.3 is 0 Å². The van der Waals surface area contributed by atoms with Crippen molar-refractivity contribution in [3.63, 3.8) is 0 Å². The average Bonchev–Trinajstić information content (AvgIpc) is 2.84. The van der Waals surface area contributed by atoms with Crippen LogP contribution in [0.25, 0.3) is 11.1 Å². The summed E-state index contributed by atoms with van der Waals surface area (Å²) in [5.41, 5.74) is 2.63. The number of carbonyl (C=O) groups excluding carboxylic acids is 1. The van der Waals surface area contributed by atoms with Crippen LogP contribution >= 0.6 is 0 Å². The van der Waals surface area contributed by atoms with Gasteiger partial charge in [0.25, 0.3) is 11.8 Å². The highest BCUT2D eigenvalue weighted by molar-refractivity contribution is 5.95. The molecule has 0 atom stereocenters. The minimum atomic E-state index is -0.432. The zero-order chi connectivity index (χ0) is 24.5. The van der Waals surface area contributed by atoms with Crippen LogP contribution in [0.2, 0.25) is 0 Å². The number of aliphatic hydroxyl groups excluding tert-OH is 1. The van der Waals surface area contributed by atoms with Crippen LogP contribution in [-0.2, 0) is 6.42 Å². The van der Waals surface area contributed by atoms with E-state index in [-0.39, 0.29) is 48.8 Å². The Bertz CT molecular complexity index is 1090. The summed E-state index contributed by atoms with van der Waals surface area (Å²) in [6.45, 7) is 6.01. The lowest BCUT2D eigenvalue weighted by molar-refractivity contribution is 0.0652. The zero-order valence-electron chi connectivity index (χ0n) is 19.9. The number of pyridine rings is 1. The number of hydrogen-bond acceptors (Lipinski definition) is 7. The third kappa shape index (κ3) is 6.08. The molecule has 3 aromatic rings. The second-order valence-corrected chi connectivity index (χ2v) is 8.20. The first kappa shape index (κ1) is 25.1. The number of hydrogen-bond donors (Lipinski definition) is 2. The molecule has 0 bridgehead atoms. The number of benzene rings is 1. The molecule has 0 saturated carbocycles. The number of aliphatic hydroxyl groups is 1. The van der Waals surface area contributed by atoms with Crippen LogP contribution in [0.4, 0.5) is 0 Å². The normalized spacial score (nSPS) is 11.0. The van der Waals surface area contributed by atoms with Crippen LogP contribution < -0.4 is 4.74 Å². The maximum absolute atomic E-state index is 13.4. The maximum Gasteiger partial charge on any atom is 0.276 e. The van der Waals surface area contributed by atoms with Gasteiger partial charge in [-0.05, 0) is 31.9 Å². The van der Waals surface area contributed by atoms with Gasteiger partial charge < -0.3 is 19.8 Å². The van der Waals surface area contributed by atoms with Gasteiger partial charge in [0, 0.05) is 24.3 Å². The Morgan fingerprint density at radius 1 is 1.12 bits per heavy atom. The number of carbonyl (C=O) groups is 1. The lowest BCUT2D eigenvalue weighted by atomic mass is 10.0. The standard InChI is InChI=1S/C26H32N4O4/c1-4-5-16-34-24-23(26(33)30(14-15-31)18(2)3)28-22(29-25(24)32)17-21-20(12-9-13-27-21)19-10-7-6-8-11-19/h6-13,18,31H,4-5,14-17H2,1-3H3,(H,28,29,32). The number of unbranched alkanes of at least 4 members (excludes halogenated alkanes) is 1. The van der Waals surface area contributed by atoms with Crippen molar-refractivity contribution in [1.29, 1.82) is 0 Å². The van der Waals surface area contributed by atoms with Crippen LogP contribution in [0, 0.1) is 0 Å². The molecule has 2 heterocycles. The average molecular weight is 465 g/mol. The van der Waals surface area contributed by atoms with Crippen molar-refractivity contribution in [3.8, 4) is 22.8 Å². The van der Waals surface area contributed by atoms with Gasteiger partial charge in [-0.2, -0.15) is 4.98 Å². The van der Waals surface area contributed by atoms with E-state index in [9.17, 15) is 15.0 Å². The predicted octanol–water partition coefficient (Wildman–Crippen LogP) is 3.86. The molecule has 0 spiro atoms. The van der Waals surface area contributed by atoms with E-state index in [0.29, 0.717) is 6.61 Å². The summed E-state index contributed by atoms with van der Waals surface area (Å²) in [5, 5.41) is 20.2. The van der Waals surface area contributed by atoms with Crippen LogP contribution in [0.5, 0.6) is 11.6 Å². The molecule has 0 unspecified atom stereocenters. The fraction of sp³-hybridized carbons (Fsp3) is 0.385.